The number of hydrogen-bond acceptors (Lipinski definition) is 1. The summed E-state index contributed by atoms with van der Waals surface area (Å²) in [5.41, 5.74) is 3.25. The summed E-state index contributed by atoms with van der Waals surface area (Å²) in [6, 6.07) is 6.67. The average molecular weight is 264 g/mol. The van der Waals surface area contributed by atoms with E-state index in [0.717, 1.165) is 13.1 Å². The molecule has 1 N–H and O–H groups in total. The summed E-state index contributed by atoms with van der Waals surface area (Å²) < 4.78 is 1.18. The van der Waals surface area contributed by atoms with Gasteiger partial charge in [-0.3, -0.25) is 0 Å². The van der Waals surface area contributed by atoms with Gasteiger partial charge in [-0.15, -0.1) is 0 Å². The minimum Gasteiger partial charge on any atom is -0.317 e. The molecule has 0 unspecified atom stereocenters. The van der Waals surface area contributed by atoms with Gasteiger partial charge in [0.25, 0.3) is 0 Å². The van der Waals surface area contributed by atoms with Crippen molar-refractivity contribution < 1.29 is 0 Å². The number of allylic oxidation sites excluding steroid dienone is 1. The SMILES string of the molecule is Brc1ccc2c(c1)C=CC21CCNCC1. The standard InChI is InChI=1S/C13H14BrN/c14-11-1-2-12-10(9-11)3-4-13(12)5-7-15-8-6-13/h1-4,9,15H,5-8H2. The lowest BCUT2D eigenvalue weighted by molar-refractivity contribution is 0.378. The van der Waals surface area contributed by atoms with E-state index >= 15 is 0 Å². The molecule has 0 amide bonds. The summed E-state index contributed by atoms with van der Waals surface area (Å²) >= 11 is 3.53. The molecule has 0 atom stereocenters. The number of rotatable bonds is 0. The molecule has 3 rings (SSSR count). The minimum atomic E-state index is 0.335. The molecule has 1 aromatic rings. The van der Waals surface area contributed by atoms with Gasteiger partial charge in [0.05, 0.1) is 0 Å². The Kier molecular flexibility index (Phi) is 2.22. The van der Waals surface area contributed by atoms with E-state index in [4.69, 9.17) is 0 Å². The topological polar surface area (TPSA) is 12.0 Å². The highest BCUT2D eigenvalue weighted by atomic mass is 79.9. The first kappa shape index (κ1) is 9.61. The van der Waals surface area contributed by atoms with Crippen LogP contribution in [0.1, 0.15) is 24.0 Å². The molecule has 78 valence electrons. The highest BCUT2D eigenvalue weighted by molar-refractivity contribution is 9.10. The molecular weight excluding hydrogens is 250 g/mol. The molecule has 1 aliphatic heterocycles. The Bertz CT molecular complexity index is 417. The maximum atomic E-state index is 3.53. The van der Waals surface area contributed by atoms with Crippen LogP contribution in [0.3, 0.4) is 0 Å². The largest absolute Gasteiger partial charge is 0.317 e. The second kappa shape index (κ2) is 3.46. The van der Waals surface area contributed by atoms with Gasteiger partial charge in [-0.25, -0.2) is 0 Å². The maximum absolute atomic E-state index is 3.53. The van der Waals surface area contributed by atoms with Crippen LogP contribution in [0, 0.1) is 0 Å². The Hall–Kier alpha value is -0.600. The van der Waals surface area contributed by atoms with Crippen LogP contribution in [0.4, 0.5) is 0 Å². The fourth-order valence-corrected chi connectivity index (χ4v) is 3.15. The lowest BCUT2D eigenvalue weighted by Crippen LogP contribution is -2.37. The van der Waals surface area contributed by atoms with Crippen LogP contribution in [-0.2, 0) is 5.41 Å². The predicted molar refractivity (Wildman–Crippen MR) is 67.0 cm³/mol. The number of nitrogens with one attached hydrogen (secondary N) is 1. The van der Waals surface area contributed by atoms with Crippen LogP contribution >= 0.6 is 15.9 Å². The fourth-order valence-electron chi connectivity index (χ4n) is 2.77. The summed E-state index contributed by atoms with van der Waals surface area (Å²) in [4.78, 5) is 0. The summed E-state index contributed by atoms with van der Waals surface area (Å²) in [7, 11) is 0. The summed E-state index contributed by atoms with van der Waals surface area (Å²) in [5, 5.41) is 3.43. The van der Waals surface area contributed by atoms with Gasteiger partial charge in [-0.1, -0.05) is 34.1 Å². The fraction of sp³-hybridized carbons (Fsp3) is 0.385. The van der Waals surface area contributed by atoms with Gasteiger partial charge in [0.15, 0.2) is 0 Å². The first-order valence-corrected chi connectivity index (χ1v) is 6.29. The van der Waals surface area contributed by atoms with Gasteiger partial charge in [0.1, 0.15) is 0 Å². The lowest BCUT2D eigenvalue weighted by atomic mass is 9.75. The van der Waals surface area contributed by atoms with Gasteiger partial charge >= 0.3 is 0 Å². The van der Waals surface area contributed by atoms with Crippen molar-refractivity contribution in [3.8, 4) is 0 Å². The summed E-state index contributed by atoms with van der Waals surface area (Å²) in [6.07, 6.45) is 7.16. The Morgan fingerprint density at radius 2 is 2.00 bits per heavy atom. The highest BCUT2D eigenvalue weighted by Gasteiger charge is 2.35. The van der Waals surface area contributed by atoms with Crippen molar-refractivity contribution in [2.24, 2.45) is 0 Å². The third kappa shape index (κ3) is 1.47. The minimum absolute atomic E-state index is 0.335. The van der Waals surface area contributed by atoms with Crippen LogP contribution in [0.5, 0.6) is 0 Å². The van der Waals surface area contributed by atoms with Crippen molar-refractivity contribution in [3.63, 3.8) is 0 Å². The second-order valence-electron chi connectivity index (χ2n) is 4.47. The zero-order chi connectivity index (χ0) is 10.3. The van der Waals surface area contributed by atoms with Crippen LogP contribution in [0.15, 0.2) is 28.7 Å². The molecule has 0 radical (unpaired) electrons. The van der Waals surface area contributed by atoms with E-state index in [1.807, 2.05) is 0 Å². The monoisotopic (exact) mass is 263 g/mol. The van der Waals surface area contributed by atoms with Crippen molar-refractivity contribution in [2.75, 3.05) is 13.1 Å². The molecule has 2 heteroatoms. The molecule has 1 spiro atoms. The Morgan fingerprint density at radius 1 is 1.20 bits per heavy atom. The maximum Gasteiger partial charge on any atom is 0.0181 e. The number of fused-ring (bicyclic) bond motifs is 2. The number of benzene rings is 1. The molecule has 0 saturated carbocycles. The number of hydrogen-bond donors (Lipinski definition) is 1. The normalized spacial score (nSPS) is 21.9. The molecule has 1 nitrogen and oxygen atoms in total. The number of piperidine rings is 1. The van der Waals surface area contributed by atoms with E-state index in [2.05, 4.69) is 51.6 Å². The van der Waals surface area contributed by atoms with E-state index in [1.165, 1.54) is 28.4 Å². The van der Waals surface area contributed by atoms with Crippen LogP contribution in [-0.4, -0.2) is 13.1 Å². The molecule has 1 fully saturated rings. The first-order chi connectivity index (χ1) is 7.30. The molecule has 0 bridgehead atoms. The molecule has 2 aliphatic rings. The predicted octanol–water partition coefficient (Wildman–Crippen LogP) is 3.10. The van der Waals surface area contributed by atoms with Gasteiger partial charge in [-0.05, 0) is 49.2 Å². The Balaban J connectivity index is 2.07. The van der Waals surface area contributed by atoms with Gasteiger partial charge in [0.2, 0.25) is 0 Å². The molecule has 15 heavy (non-hydrogen) atoms. The molecular formula is C13H14BrN. The average Bonchev–Trinajstić information content (AvgIpc) is 2.58. The van der Waals surface area contributed by atoms with Crippen molar-refractivity contribution >= 4 is 22.0 Å². The molecule has 1 heterocycles. The quantitative estimate of drug-likeness (QED) is 0.759. The summed E-state index contributed by atoms with van der Waals surface area (Å²) in [5.74, 6) is 0. The molecule has 1 saturated heterocycles. The molecule has 0 aromatic heterocycles. The summed E-state index contributed by atoms with van der Waals surface area (Å²) in [6.45, 7) is 2.28. The van der Waals surface area contributed by atoms with Gasteiger partial charge in [0, 0.05) is 9.89 Å². The number of halogens is 1. The van der Waals surface area contributed by atoms with Crippen molar-refractivity contribution in [2.45, 2.75) is 18.3 Å². The van der Waals surface area contributed by atoms with Crippen molar-refractivity contribution in [1.29, 1.82) is 0 Å². The van der Waals surface area contributed by atoms with E-state index in [1.54, 1.807) is 0 Å². The van der Waals surface area contributed by atoms with Gasteiger partial charge < -0.3 is 5.32 Å². The first-order valence-electron chi connectivity index (χ1n) is 5.50. The van der Waals surface area contributed by atoms with E-state index in [-0.39, 0.29) is 0 Å². The van der Waals surface area contributed by atoms with E-state index in [0.29, 0.717) is 5.41 Å². The second-order valence-corrected chi connectivity index (χ2v) is 5.39. The van der Waals surface area contributed by atoms with Crippen molar-refractivity contribution in [1.82, 2.24) is 5.32 Å². The molecule has 1 aliphatic carbocycles. The third-order valence-corrected chi connectivity index (χ3v) is 4.12. The van der Waals surface area contributed by atoms with Crippen LogP contribution in [0.2, 0.25) is 0 Å². The highest BCUT2D eigenvalue weighted by Crippen LogP contribution is 2.42. The van der Waals surface area contributed by atoms with Gasteiger partial charge in [-0.2, -0.15) is 0 Å². The third-order valence-electron chi connectivity index (χ3n) is 3.63. The van der Waals surface area contributed by atoms with Crippen LogP contribution in [0.25, 0.3) is 6.08 Å². The van der Waals surface area contributed by atoms with E-state index < -0.39 is 0 Å². The zero-order valence-electron chi connectivity index (χ0n) is 8.59. The lowest BCUT2D eigenvalue weighted by Gasteiger charge is -2.33. The smallest absolute Gasteiger partial charge is 0.0181 e. The Labute approximate surface area is 98.7 Å². The Morgan fingerprint density at radius 3 is 2.80 bits per heavy atom. The van der Waals surface area contributed by atoms with Crippen LogP contribution < -0.4 is 5.32 Å². The van der Waals surface area contributed by atoms with E-state index in [9.17, 15) is 0 Å². The zero-order valence-corrected chi connectivity index (χ0v) is 10.2. The molecule has 1 aromatic carbocycles. The van der Waals surface area contributed by atoms with Crippen molar-refractivity contribution in [3.05, 3.63) is 39.9 Å².